The third-order valence-corrected chi connectivity index (χ3v) is 3.98. The maximum Gasteiger partial charge on any atom is 0.372 e. The van der Waals surface area contributed by atoms with E-state index in [1.165, 1.54) is 0 Å². The molecule has 1 aliphatic heterocycles. The Morgan fingerprint density at radius 3 is 2.82 bits per heavy atom. The number of benzene rings is 1. The molecule has 1 saturated heterocycles. The number of methoxy groups -OCH3 is 1. The van der Waals surface area contributed by atoms with Gasteiger partial charge in [0.15, 0.2) is 0 Å². The van der Waals surface area contributed by atoms with Crippen molar-refractivity contribution in [2.24, 2.45) is 0 Å². The summed E-state index contributed by atoms with van der Waals surface area (Å²) in [5, 5.41) is 10.2. The SMILES string of the molecule is COc1ccc2c(CCN3CCOCC3)c(C(=O)O)oc2c1. The number of ether oxygens (including phenoxy) is 2. The molecular weight excluding hydrogens is 286 g/mol. The molecular formula is C16H19NO5. The number of hydrogen-bond acceptors (Lipinski definition) is 5. The molecule has 6 nitrogen and oxygen atoms in total. The second-order valence-corrected chi connectivity index (χ2v) is 5.28. The number of carboxylic acid groups (broad SMARTS) is 1. The summed E-state index contributed by atoms with van der Waals surface area (Å²) in [5.74, 6) is -0.360. The van der Waals surface area contributed by atoms with Gasteiger partial charge in [0, 0.05) is 36.7 Å². The molecule has 2 aromatic rings. The Kier molecular flexibility index (Phi) is 4.31. The van der Waals surface area contributed by atoms with Crippen molar-refractivity contribution < 1.29 is 23.8 Å². The summed E-state index contributed by atoms with van der Waals surface area (Å²) < 4.78 is 16.0. The van der Waals surface area contributed by atoms with E-state index in [1.807, 2.05) is 12.1 Å². The van der Waals surface area contributed by atoms with Crippen LogP contribution >= 0.6 is 0 Å². The highest BCUT2D eigenvalue weighted by atomic mass is 16.5. The van der Waals surface area contributed by atoms with E-state index in [4.69, 9.17) is 13.9 Å². The number of carboxylic acids is 1. The Labute approximate surface area is 128 Å². The molecule has 0 saturated carbocycles. The van der Waals surface area contributed by atoms with Crippen LogP contribution in [0.3, 0.4) is 0 Å². The molecule has 0 aliphatic carbocycles. The zero-order chi connectivity index (χ0) is 15.5. The van der Waals surface area contributed by atoms with E-state index < -0.39 is 5.97 Å². The van der Waals surface area contributed by atoms with Crippen LogP contribution in [0.25, 0.3) is 11.0 Å². The van der Waals surface area contributed by atoms with Crippen LogP contribution in [-0.2, 0) is 11.2 Å². The highest BCUT2D eigenvalue weighted by Gasteiger charge is 2.21. The van der Waals surface area contributed by atoms with Crippen LogP contribution < -0.4 is 4.74 Å². The molecule has 0 bridgehead atoms. The first-order valence-corrected chi connectivity index (χ1v) is 7.32. The molecule has 0 spiro atoms. The Morgan fingerprint density at radius 1 is 1.36 bits per heavy atom. The van der Waals surface area contributed by atoms with Crippen molar-refractivity contribution in [3.63, 3.8) is 0 Å². The molecule has 0 atom stereocenters. The lowest BCUT2D eigenvalue weighted by molar-refractivity contribution is 0.0383. The Morgan fingerprint density at radius 2 is 2.14 bits per heavy atom. The third-order valence-electron chi connectivity index (χ3n) is 3.98. The molecule has 1 aliphatic rings. The molecule has 2 heterocycles. The monoisotopic (exact) mass is 305 g/mol. The standard InChI is InChI=1S/C16H19NO5/c1-20-11-2-3-12-13(4-5-17-6-8-21-9-7-17)15(16(18)19)22-14(12)10-11/h2-3,10H,4-9H2,1H3,(H,18,19). The maximum absolute atomic E-state index is 11.4. The largest absolute Gasteiger partial charge is 0.497 e. The zero-order valence-electron chi connectivity index (χ0n) is 12.5. The molecule has 1 fully saturated rings. The van der Waals surface area contributed by atoms with E-state index in [-0.39, 0.29) is 5.76 Å². The van der Waals surface area contributed by atoms with Crippen molar-refractivity contribution in [2.75, 3.05) is 40.0 Å². The molecule has 118 valence electrons. The number of fused-ring (bicyclic) bond motifs is 1. The van der Waals surface area contributed by atoms with Gasteiger partial charge >= 0.3 is 5.97 Å². The molecule has 1 N–H and O–H groups in total. The van der Waals surface area contributed by atoms with Crippen LogP contribution in [0.5, 0.6) is 5.75 Å². The number of rotatable bonds is 5. The smallest absolute Gasteiger partial charge is 0.372 e. The second kappa shape index (κ2) is 6.37. The van der Waals surface area contributed by atoms with Crippen molar-refractivity contribution in [2.45, 2.75) is 6.42 Å². The van der Waals surface area contributed by atoms with Crippen molar-refractivity contribution in [1.29, 1.82) is 0 Å². The van der Waals surface area contributed by atoms with E-state index in [2.05, 4.69) is 4.90 Å². The van der Waals surface area contributed by atoms with Gasteiger partial charge in [-0.25, -0.2) is 4.79 Å². The van der Waals surface area contributed by atoms with Crippen LogP contribution in [0.1, 0.15) is 16.1 Å². The molecule has 1 aromatic heterocycles. The molecule has 0 radical (unpaired) electrons. The maximum atomic E-state index is 11.4. The van der Waals surface area contributed by atoms with Crippen LogP contribution in [-0.4, -0.2) is 55.9 Å². The topological polar surface area (TPSA) is 72.1 Å². The van der Waals surface area contributed by atoms with Gasteiger partial charge in [0.25, 0.3) is 0 Å². The number of furan rings is 1. The first-order chi connectivity index (χ1) is 10.7. The van der Waals surface area contributed by atoms with Gasteiger partial charge in [-0.1, -0.05) is 0 Å². The van der Waals surface area contributed by atoms with E-state index >= 15 is 0 Å². The summed E-state index contributed by atoms with van der Waals surface area (Å²) in [4.78, 5) is 13.7. The second-order valence-electron chi connectivity index (χ2n) is 5.28. The summed E-state index contributed by atoms with van der Waals surface area (Å²) >= 11 is 0. The molecule has 1 aromatic carbocycles. The highest BCUT2D eigenvalue weighted by molar-refractivity contribution is 5.95. The average Bonchev–Trinajstić information content (AvgIpc) is 2.91. The minimum Gasteiger partial charge on any atom is -0.497 e. The van der Waals surface area contributed by atoms with Gasteiger partial charge in [0.05, 0.1) is 20.3 Å². The van der Waals surface area contributed by atoms with E-state index in [1.54, 1.807) is 13.2 Å². The van der Waals surface area contributed by atoms with E-state index in [0.29, 0.717) is 17.8 Å². The Balaban J connectivity index is 1.88. The molecule has 3 rings (SSSR count). The first-order valence-electron chi connectivity index (χ1n) is 7.32. The number of hydrogen-bond donors (Lipinski definition) is 1. The fraction of sp³-hybridized carbons (Fsp3) is 0.438. The fourth-order valence-electron chi connectivity index (χ4n) is 2.77. The van der Waals surface area contributed by atoms with Gasteiger partial charge in [-0.3, -0.25) is 4.90 Å². The minimum absolute atomic E-state index is 0.0245. The predicted octanol–water partition coefficient (Wildman–Crippen LogP) is 2.01. The summed E-state index contributed by atoms with van der Waals surface area (Å²) in [6.07, 6.45) is 0.640. The van der Waals surface area contributed by atoms with Crippen LogP contribution in [0.4, 0.5) is 0 Å². The minimum atomic E-state index is -1.04. The predicted molar refractivity (Wildman–Crippen MR) is 80.7 cm³/mol. The summed E-state index contributed by atoms with van der Waals surface area (Å²) in [7, 11) is 1.57. The van der Waals surface area contributed by atoms with E-state index in [9.17, 15) is 9.90 Å². The highest BCUT2D eigenvalue weighted by Crippen LogP contribution is 2.29. The Bertz CT molecular complexity index is 672. The fourth-order valence-corrected chi connectivity index (χ4v) is 2.77. The lowest BCUT2D eigenvalue weighted by Crippen LogP contribution is -2.37. The van der Waals surface area contributed by atoms with Crippen molar-refractivity contribution >= 4 is 16.9 Å². The molecule has 0 unspecified atom stereocenters. The van der Waals surface area contributed by atoms with Crippen molar-refractivity contribution in [3.05, 3.63) is 29.5 Å². The summed E-state index contributed by atoms with van der Waals surface area (Å²) in [5.41, 5.74) is 1.30. The number of nitrogens with zero attached hydrogens (tertiary/aromatic N) is 1. The number of morpholine rings is 1. The quantitative estimate of drug-likeness (QED) is 0.911. The summed E-state index contributed by atoms with van der Waals surface area (Å²) in [6.45, 7) is 4.02. The lowest BCUT2D eigenvalue weighted by atomic mass is 10.1. The molecule has 6 heteroatoms. The summed E-state index contributed by atoms with van der Waals surface area (Å²) in [6, 6.07) is 5.40. The average molecular weight is 305 g/mol. The lowest BCUT2D eigenvalue weighted by Gasteiger charge is -2.26. The van der Waals surface area contributed by atoms with Crippen molar-refractivity contribution in [3.8, 4) is 5.75 Å². The van der Waals surface area contributed by atoms with Crippen LogP contribution in [0, 0.1) is 0 Å². The normalized spacial score (nSPS) is 16.0. The van der Waals surface area contributed by atoms with Gasteiger partial charge < -0.3 is 19.0 Å². The third kappa shape index (κ3) is 2.93. The molecule has 0 amide bonds. The van der Waals surface area contributed by atoms with Gasteiger partial charge in [-0.2, -0.15) is 0 Å². The number of carbonyl (C=O) groups is 1. The van der Waals surface area contributed by atoms with E-state index in [0.717, 1.165) is 43.8 Å². The Hall–Kier alpha value is -2.05. The van der Waals surface area contributed by atoms with Gasteiger partial charge in [0.1, 0.15) is 11.3 Å². The van der Waals surface area contributed by atoms with Gasteiger partial charge in [-0.05, 0) is 18.6 Å². The first kappa shape index (κ1) is 14.9. The van der Waals surface area contributed by atoms with Crippen LogP contribution in [0.15, 0.2) is 22.6 Å². The van der Waals surface area contributed by atoms with Gasteiger partial charge in [-0.15, -0.1) is 0 Å². The van der Waals surface area contributed by atoms with Gasteiger partial charge in [0.2, 0.25) is 5.76 Å². The zero-order valence-corrected chi connectivity index (χ0v) is 12.5. The van der Waals surface area contributed by atoms with Crippen LogP contribution in [0.2, 0.25) is 0 Å². The molecule has 22 heavy (non-hydrogen) atoms. The number of aromatic carboxylic acids is 1. The van der Waals surface area contributed by atoms with Crippen molar-refractivity contribution in [1.82, 2.24) is 4.90 Å².